The maximum absolute atomic E-state index is 12.7. The lowest BCUT2D eigenvalue weighted by Crippen LogP contribution is -2.37. The molecule has 21 heavy (non-hydrogen) atoms. The number of nitrogen functional groups attached to an aromatic ring is 1. The minimum absolute atomic E-state index is 0.0266. The molecule has 3 rings (SSSR count). The van der Waals surface area contributed by atoms with Crippen molar-refractivity contribution in [2.24, 2.45) is 0 Å². The van der Waals surface area contributed by atoms with Gasteiger partial charge in [-0.1, -0.05) is 0 Å². The Balaban J connectivity index is 2.02. The van der Waals surface area contributed by atoms with Crippen LogP contribution in [0.2, 0.25) is 0 Å². The van der Waals surface area contributed by atoms with Crippen molar-refractivity contribution in [3.05, 3.63) is 22.3 Å². The van der Waals surface area contributed by atoms with Crippen LogP contribution in [0.1, 0.15) is 27.5 Å². The molecule has 0 bridgehead atoms. The summed E-state index contributed by atoms with van der Waals surface area (Å²) in [5.41, 5.74) is 8.59. The molecule has 3 heterocycles. The summed E-state index contributed by atoms with van der Waals surface area (Å²) in [6.45, 7) is 5.20. The number of hydrogen-bond donors (Lipinski definition) is 1. The van der Waals surface area contributed by atoms with E-state index in [-0.39, 0.29) is 11.9 Å². The molecule has 2 aromatic rings. The molecule has 1 unspecified atom stereocenters. The average molecular weight is 305 g/mol. The largest absolute Gasteiger partial charge is 0.397 e. The Hall–Kier alpha value is -1.66. The quantitative estimate of drug-likeness (QED) is 0.925. The summed E-state index contributed by atoms with van der Waals surface area (Å²) in [6.07, 6.45) is 0.882. The molecular weight excluding hydrogens is 286 g/mol. The van der Waals surface area contributed by atoms with Crippen LogP contribution >= 0.6 is 11.3 Å². The minimum Gasteiger partial charge on any atom is -0.397 e. The molecule has 1 amide bonds. The number of carbonyl (C=O) groups excluding carboxylic acids is 1. The van der Waals surface area contributed by atoms with Crippen molar-refractivity contribution in [2.75, 3.05) is 26.0 Å². The number of likely N-dealkylation sites (N-methyl/N-ethyl adjacent to an activating group) is 1. The minimum atomic E-state index is -0.0266. The van der Waals surface area contributed by atoms with E-state index in [2.05, 4.69) is 4.98 Å². The number of anilines is 1. The maximum Gasteiger partial charge on any atom is 0.266 e. The summed E-state index contributed by atoms with van der Waals surface area (Å²) in [6, 6.07) is 2.13. The van der Waals surface area contributed by atoms with Crippen molar-refractivity contribution in [2.45, 2.75) is 26.3 Å². The third-order valence-electron chi connectivity index (χ3n) is 3.99. The summed E-state index contributed by atoms with van der Waals surface area (Å²) in [4.78, 5) is 19.5. The molecule has 1 atom stereocenters. The molecule has 0 spiro atoms. The van der Waals surface area contributed by atoms with Gasteiger partial charge in [-0.3, -0.25) is 9.78 Å². The van der Waals surface area contributed by atoms with Crippen molar-refractivity contribution in [3.8, 4) is 0 Å². The van der Waals surface area contributed by atoms with E-state index in [9.17, 15) is 4.79 Å². The predicted octanol–water partition coefficient (Wildman–Crippen LogP) is 2.36. The number of amides is 1. The summed E-state index contributed by atoms with van der Waals surface area (Å²) in [5.74, 6) is -0.0266. The molecule has 2 aromatic heterocycles. The van der Waals surface area contributed by atoms with Gasteiger partial charge in [0, 0.05) is 35.1 Å². The van der Waals surface area contributed by atoms with E-state index in [0.717, 1.165) is 27.9 Å². The van der Waals surface area contributed by atoms with Gasteiger partial charge in [0.15, 0.2) is 0 Å². The second-order valence-electron chi connectivity index (χ2n) is 5.50. The van der Waals surface area contributed by atoms with E-state index in [1.54, 1.807) is 4.90 Å². The number of aryl methyl sites for hydroxylation is 2. The molecule has 112 valence electrons. The zero-order chi connectivity index (χ0) is 15.1. The van der Waals surface area contributed by atoms with Gasteiger partial charge in [-0.25, -0.2) is 0 Å². The number of nitrogens with two attached hydrogens (primary N) is 1. The highest BCUT2D eigenvalue weighted by atomic mass is 32.1. The molecular formula is C15H19N3O2S. The first-order valence-corrected chi connectivity index (χ1v) is 7.81. The van der Waals surface area contributed by atoms with E-state index in [1.165, 1.54) is 11.3 Å². The zero-order valence-electron chi connectivity index (χ0n) is 12.5. The molecule has 0 saturated carbocycles. The standard InChI is InChI=1S/C15H19N3O2S/c1-8-6-11-12(9(2)17-8)13(16)14(21-11)15(19)18(3)10-4-5-20-7-10/h6,10H,4-5,7,16H2,1-3H3. The van der Waals surface area contributed by atoms with Gasteiger partial charge >= 0.3 is 0 Å². The highest BCUT2D eigenvalue weighted by Crippen LogP contribution is 2.36. The second kappa shape index (κ2) is 5.27. The Morgan fingerprint density at radius 1 is 1.52 bits per heavy atom. The second-order valence-corrected chi connectivity index (χ2v) is 6.55. The van der Waals surface area contributed by atoms with Crippen LogP contribution in [0.5, 0.6) is 0 Å². The third kappa shape index (κ3) is 2.38. The van der Waals surface area contributed by atoms with Crippen molar-refractivity contribution < 1.29 is 9.53 Å². The van der Waals surface area contributed by atoms with Crippen LogP contribution < -0.4 is 5.73 Å². The van der Waals surface area contributed by atoms with E-state index >= 15 is 0 Å². The van der Waals surface area contributed by atoms with Gasteiger partial charge in [-0.2, -0.15) is 0 Å². The number of pyridine rings is 1. The van der Waals surface area contributed by atoms with E-state index in [1.807, 2.05) is 27.0 Å². The van der Waals surface area contributed by atoms with Crippen molar-refractivity contribution >= 4 is 33.0 Å². The molecule has 1 aliphatic heterocycles. The van der Waals surface area contributed by atoms with Gasteiger partial charge in [0.05, 0.1) is 18.3 Å². The molecule has 1 saturated heterocycles. The van der Waals surface area contributed by atoms with Gasteiger partial charge in [0.2, 0.25) is 0 Å². The number of hydrogen-bond acceptors (Lipinski definition) is 5. The Morgan fingerprint density at radius 3 is 2.95 bits per heavy atom. The Kier molecular flexibility index (Phi) is 3.59. The van der Waals surface area contributed by atoms with Crippen LogP contribution in [0.25, 0.3) is 10.1 Å². The third-order valence-corrected chi connectivity index (χ3v) is 5.13. The number of aromatic nitrogens is 1. The van der Waals surface area contributed by atoms with Crippen molar-refractivity contribution in [3.63, 3.8) is 0 Å². The van der Waals surface area contributed by atoms with Gasteiger partial charge < -0.3 is 15.4 Å². The summed E-state index contributed by atoms with van der Waals surface area (Å²) in [7, 11) is 1.82. The van der Waals surface area contributed by atoms with Gasteiger partial charge in [0.25, 0.3) is 5.91 Å². The maximum atomic E-state index is 12.7. The summed E-state index contributed by atoms with van der Waals surface area (Å²) in [5, 5.41) is 0.907. The number of carbonyl (C=O) groups is 1. The lowest BCUT2D eigenvalue weighted by atomic mass is 10.1. The number of ether oxygens (including phenoxy) is 1. The molecule has 5 nitrogen and oxygen atoms in total. The van der Waals surface area contributed by atoms with E-state index < -0.39 is 0 Å². The first-order chi connectivity index (χ1) is 9.99. The molecule has 1 fully saturated rings. The number of fused-ring (bicyclic) bond motifs is 1. The molecule has 0 radical (unpaired) electrons. The topological polar surface area (TPSA) is 68.5 Å². The molecule has 0 aromatic carbocycles. The SMILES string of the molecule is Cc1cc2sc(C(=O)N(C)C3CCOC3)c(N)c2c(C)n1. The predicted molar refractivity (Wildman–Crippen MR) is 84.8 cm³/mol. The lowest BCUT2D eigenvalue weighted by molar-refractivity contribution is 0.0717. The van der Waals surface area contributed by atoms with Gasteiger partial charge in [-0.15, -0.1) is 11.3 Å². The first kappa shape index (κ1) is 14.3. The highest BCUT2D eigenvalue weighted by molar-refractivity contribution is 7.21. The summed E-state index contributed by atoms with van der Waals surface area (Å²) < 4.78 is 6.38. The average Bonchev–Trinajstić information content (AvgIpc) is 3.05. The fourth-order valence-electron chi connectivity index (χ4n) is 2.79. The number of nitrogens with zero attached hydrogens (tertiary/aromatic N) is 2. The molecule has 6 heteroatoms. The van der Waals surface area contributed by atoms with E-state index in [4.69, 9.17) is 10.5 Å². The molecule has 2 N–H and O–H groups in total. The molecule has 0 aliphatic carbocycles. The van der Waals surface area contributed by atoms with Gasteiger partial charge in [0.1, 0.15) is 4.88 Å². The van der Waals surface area contributed by atoms with Crippen molar-refractivity contribution in [1.29, 1.82) is 0 Å². The summed E-state index contributed by atoms with van der Waals surface area (Å²) >= 11 is 1.45. The Morgan fingerprint density at radius 2 is 2.29 bits per heavy atom. The Bertz CT molecular complexity index is 704. The number of rotatable bonds is 2. The van der Waals surface area contributed by atoms with Crippen LogP contribution in [-0.4, -0.2) is 42.1 Å². The lowest BCUT2D eigenvalue weighted by Gasteiger charge is -2.22. The van der Waals surface area contributed by atoms with Crippen LogP contribution in [0, 0.1) is 13.8 Å². The van der Waals surface area contributed by atoms with Crippen LogP contribution in [0.4, 0.5) is 5.69 Å². The highest BCUT2D eigenvalue weighted by Gasteiger charge is 2.28. The smallest absolute Gasteiger partial charge is 0.266 e. The zero-order valence-corrected chi connectivity index (χ0v) is 13.3. The normalized spacial score (nSPS) is 18.3. The van der Waals surface area contributed by atoms with Crippen LogP contribution in [-0.2, 0) is 4.74 Å². The fraction of sp³-hybridized carbons (Fsp3) is 0.467. The van der Waals surface area contributed by atoms with Crippen LogP contribution in [0.3, 0.4) is 0 Å². The van der Waals surface area contributed by atoms with Crippen molar-refractivity contribution in [1.82, 2.24) is 9.88 Å². The van der Waals surface area contributed by atoms with E-state index in [0.29, 0.717) is 23.8 Å². The molecule has 1 aliphatic rings. The Labute approximate surface area is 127 Å². The van der Waals surface area contributed by atoms with Gasteiger partial charge in [-0.05, 0) is 26.3 Å². The van der Waals surface area contributed by atoms with Crippen LogP contribution in [0.15, 0.2) is 6.07 Å². The monoisotopic (exact) mass is 305 g/mol. The fourth-order valence-corrected chi connectivity index (χ4v) is 4.04. The first-order valence-electron chi connectivity index (χ1n) is 7.00. The number of thiophene rings is 1.